The molecule has 3 heteroatoms. The van der Waals surface area contributed by atoms with Gasteiger partial charge in [0, 0.05) is 20.0 Å². The normalized spacial score (nSPS) is 12.4. The lowest BCUT2D eigenvalue weighted by atomic mass is 9.90. The second kappa shape index (κ2) is 8.87. The second-order valence-electron chi connectivity index (χ2n) is 9.14. The van der Waals surface area contributed by atoms with Gasteiger partial charge in [0.05, 0.1) is 0 Å². The number of carbonyl (C=O) groups excluding carboxylic acids is 1. The number of aryl methyl sites for hydroxylation is 1. The number of rotatable bonds is 10. The second-order valence-corrected chi connectivity index (χ2v) is 13.6. The molecule has 4 aromatic rings. The van der Waals surface area contributed by atoms with Crippen LogP contribution in [0.3, 0.4) is 0 Å². The first kappa shape index (κ1) is 21.0. The third kappa shape index (κ3) is 4.42. The van der Waals surface area contributed by atoms with Gasteiger partial charge in [0.15, 0.2) is 8.32 Å². The lowest BCUT2D eigenvalue weighted by Gasteiger charge is -2.19. The quantitative estimate of drug-likeness (QED) is 0.152. The third-order valence-corrected chi connectivity index (χ3v) is 9.22. The van der Waals surface area contributed by atoms with Crippen molar-refractivity contribution in [1.29, 1.82) is 0 Å². The Kier molecular flexibility index (Phi) is 6.21. The van der Waals surface area contributed by atoms with Crippen molar-refractivity contribution in [3.8, 4) is 0 Å². The Labute approximate surface area is 180 Å². The topological polar surface area (TPSA) is 26.3 Å². The van der Waals surface area contributed by atoms with Crippen LogP contribution in [-0.4, -0.2) is 21.2 Å². The zero-order chi connectivity index (χ0) is 21.1. The summed E-state index contributed by atoms with van der Waals surface area (Å²) in [6, 6.07) is 21.1. The van der Waals surface area contributed by atoms with Crippen LogP contribution in [0.4, 0.5) is 0 Å². The Morgan fingerprint density at radius 2 is 1.43 bits per heavy atom. The summed E-state index contributed by atoms with van der Waals surface area (Å²) in [6.07, 6.45) is 5.40. The molecule has 0 aliphatic rings. The van der Waals surface area contributed by atoms with Crippen LogP contribution >= 0.6 is 0 Å². The maximum atomic E-state index is 12.3. The Hall–Kier alpha value is -2.23. The first-order valence-electron chi connectivity index (χ1n) is 11.2. The van der Waals surface area contributed by atoms with Crippen LogP contribution in [0.1, 0.15) is 37.7 Å². The predicted octanol–water partition coefficient (Wildman–Crippen LogP) is 7.50. The highest BCUT2D eigenvalue weighted by Crippen LogP contribution is 2.36. The van der Waals surface area contributed by atoms with E-state index in [2.05, 4.69) is 67.7 Å². The van der Waals surface area contributed by atoms with Crippen molar-refractivity contribution in [2.45, 2.75) is 57.7 Å². The van der Waals surface area contributed by atoms with Crippen molar-refractivity contribution in [3.05, 3.63) is 60.2 Å². The van der Waals surface area contributed by atoms with E-state index < -0.39 is 8.32 Å². The monoisotopic (exact) mass is 416 g/mol. The molecule has 0 radical (unpaired) electrons. The molecule has 0 unspecified atom stereocenters. The summed E-state index contributed by atoms with van der Waals surface area (Å²) in [7, 11) is 0.331. The number of hydrogen-bond acceptors (Lipinski definition) is 2. The molecule has 0 aliphatic heterocycles. The van der Waals surface area contributed by atoms with Gasteiger partial charge in [-0.3, -0.25) is 4.79 Å². The van der Waals surface area contributed by atoms with Crippen molar-refractivity contribution in [2.75, 3.05) is 7.11 Å². The Balaban J connectivity index is 1.39. The maximum Gasteiger partial charge on any atom is 0.186 e. The van der Waals surface area contributed by atoms with E-state index in [9.17, 15) is 4.79 Å². The standard InChI is InChI=1S/C27H32O2Si/c1-29-30(2,3)19-5-4-11-24(28)12-7-8-20-13-14-23-16-15-21-9-6-10-22-17-18-25(20)27(23)26(21)22/h6,9-10,13-18H,4-5,7-8,11-12,19H2,1-3H3. The van der Waals surface area contributed by atoms with Crippen LogP contribution in [0.15, 0.2) is 54.6 Å². The van der Waals surface area contributed by atoms with E-state index in [4.69, 9.17) is 4.43 Å². The summed E-state index contributed by atoms with van der Waals surface area (Å²) in [6.45, 7) is 4.48. The van der Waals surface area contributed by atoms with Gasteiger partial charge < -0.3 is 4.43 Å². The van der Waals surface area contributed by atoms with Crippen LogP contribution in [0.25, 0.3) is 32.3 Å². The van der Waals surface area contributed by atoms with Crippen molar-refractivity contribution >= 4 is 46.4 Å². The lowest BCUT2D eigenvalue weighted by Crippen LogP contribution is -2.27. The van der Waals surface area contributed by atoms with Gasteiger partial charge in [-0.25, -0.2) is 0 Å². The summed E-state index contributed by atoms with van der Waals surface area (Å²) < 4.78 is 5.59. The summed E-state index contributed by atoms with van der Waals surface area (Å²) >= 11 is 0. The number of ketones is 1. The van der Waals surface area contributed by atoms with Gasteiger partial charge in [-0.05, 0) is 76.3 Å². The van der Waals surface area contributed by atoms with E-state index in [1.54, 1.807) is 0 Å². The zero-order valence-corrected chi connectivity index (χ0v) is 19.5. The van der Waals surface area contributed by atoms with Gasteiger partial charge in [-0.2, -0.15) is 0 Å². The molecule has 0 saturated heterocycles. The molecule has 0 fully saturated rings. The predicted molar refractivity (Wildman–Crippen MR) is 131 cm³/mol. The molecule has 0 atom stereocenters. The zero-order valence-electron chi connectivity index (χ0n) is 18.5. The molecule has 156 valence electrons. The fourth-order valence-electron chi connectivity index (χ4n) is 4.59. The van der Waals surface area contributed by atoms with Crippen molar-refractivity contribution in [3.63, 3.8) is 0 Å². The number of Topliss-reactive ketones (excluding diaryl/α,β-unsaturated/α-hetero) is 1. The number of hydrogen-bond donors (Lipinski definition) is 0. The summed E-state index contributed by atoms with van der Waals surface area (Å²) in [4.78, 5) is 12.3. The maximum absolute atomic E-state index is 12.3. The van der Waals surface area contributed by atoms with Crippen molar-refractivity contribution in [2.24, 2.45) is 0 Å². The molecular weight excluding hydrogens is 384 g/mol. The largest absolute Gasteiger partial charge is 0.420 e. The van der Waals surface area contributed by atoms with Gasteiger partial charge in [-0.1, -0.05) is 61.0 Å². The molecule has 0 heterocycles. The smallest absolute Gasteiger partial charge is 0.186 e. The summed E-state index contributed by atoms with van der Waals surface area (Å²) in [5, 5.41) is 8.00. The van der Waals surface area contributed by atoms with Gasteiger partial charge in [0.25, 0.3) is 0 Å². The average molecular weight is 417 g/mol. The van der Waals surface area contributed by atoms with E-state index in [1.165, 1.54) is 37.9 Å². The Bertz CT molecular complexity index is 1150. The van der Waals surface area contributed by atoms with Crippen LogP contribution in [0, 0.1) is 0 Å². The van der Waals surface area contributed by atoms with Gasteiger partial charge in [-0.15, -0.1) is 0 Å². The highest BCUT2D eigenvalue weighted by Gasteiger charge is 2.19. The van der Waals surface area contributed by atoms with Gasteiger partial charge in [0.2, 0.25) is 0 Å². The molecule has 0 bridgehead atoms. The lowest BCUT2D eigenvalue weighted by molar-refractivity contribution is -0.119. The fraction of sp³-hybridized carbons (Fsp3) is 0.370. The average Bonchev–Trinajstić information content (AvgIpc) is 2.76. The molecule has 0 saturated carbocycles. The number of benzene rings is 4. The fourth-order valence-corrected chi connectivity index (χ4v) is 5.90. The highest BCUT2D eigenvalue weighted by atomic mass is 28.4. The molecule has 0 N–H and O–H groups in total. The van der Waals surface area contributed by atoms with E-state index in [-0.39, 0.29) is 0 Å². The number of unbranched alkanes of at least 4 members (excludes halogenated alkanes) is 1. The van der Waals surface area contributed by atoms with Crippen LogP contribution < -0.4 is 0 Å². The van der Waals surface area contributed by atoms with Crippen LogP contribution in [-0.2, 0) is 15.6 Å². The van der Waals surface area contributed by atoms with Gasteiger partial charge >= 0.3 is 0 Å². The minimum absolute atomic E-state index is 0.407. The SMILES string of the molecule is CO[Si](C)(C)CCCCC(=O)CCCc1ccc2ccc3cccc4ccc1c2c34. The molecule has 4 aromatic carbocycles. The van der Waals surface area contributed by atoms with E-state index in [1.807, 2.05) is 7.11 Å². The molecule has 0 aromatic heterocycles. The van der Waals surface area contributed by atoms with E-state index in [0.717, 1.165) is 31.7 Å². The minimum Gasteiger partial charge on any atom is -0.420 e. The molecule has 0 spiro atoms. The first-order valence-corrected chi connectivity index (χ1v) is 14.3. The molecule has 0 aliphatic carbocycles. The molecule has 4 rings (SSSR count). The minimum atomic E-state index is -1.48. The highest BCUT2D eigenvalue weighted by molar-refractivity contribution is 6.71. The molecule has 2 nitrogen and oxygen atoms in total. The van der Waals surface area contributed by atoms with Crippen LogP contribution in [0.2, 0.25) is 19.1 Å². The van der Waals surface area contributed by atoms with Crippen molar-refractivity contribution in [1.82, 2.24) is 0 Å². The van der Waals surface area contributed by atoms with Gasteiger partial charge in [0.1, 0.15) is 5.78 Å². The van der Waals surface area contributed by atoms with Crippen LogP contribution in [0.5, 0.6) is 0 Å². The first-order chi connectivity index (χ1) is 14.5. The molecule has 0 amide bonds. The molecule has 30 heavy (non-hydrogen) atoms. The Morgan fingerprint density at radius 3 is 2.17 bits per heavy atom. The van der Waals surface area contributed by atoms with E-state index in [0.29, 0.717) is 18.6 Å². The van der Waals surface area contributed by atoms with Crippen molar-refractivity contribution < 1.29 is 9.22 Å². The Morgan fingerprint density at radius 1 is 0.800 bits per heavy atom. The summed E-state index contributed by atoms with van der Waals surface area (Å²) in [5.41, 5.74) is 1.36. The van der Waals surface area contributed by atoms with E-state index >= 15 is 0 Å². The summed E-state index contributed by atoms with van der Waals surface area (Å²) in [5.74, 6) is 0.407. The number of carbonyl (C=O) groups is 1. The third-order valence-electron chi connectivity index (χ3n) is 6.56. The molecular formula is C27H32O2Si.